The number of aliphatic carboxylic acids is 1. The van der Waals surface area contributed by atoms with Gasteiger partial charge in [-0.15, -0.1) is 0 Å². The molecule has 6 heteroatoms. The second-order valence-electron chi connectivity index (χ2n) is 8.94. The van der Waals surface area contributed by atoms with Gasteiger partial charge in [0.15, 0.2) is 0 Å². The summed E-state index contributed by atoms with van der Waals surface area (Å²) < 4.78 is 6.12. The summed E-state index contributed by atoms with van der Waals surface area (Å²) in [6.07, 6.45) is 5.94. The van der Waals surface area contributed by atoms with E-state index in [2.05, 4.69) is 15.9 Å². The lowest BCUT2D eigenvalue weighted by Gasteiger charge is -2.43. The maximum Gasteiger partial charge on any atom is 0.313 e. The maximum atomic E-state index is 12.0. The summed E-state index contributed by atoms with van der Waals surface area (Å²) >= 11 is 0. The summed E-state index contributed by atoms with van der Waals surface area (Å²) in [6, 6.07) is 8.06. The average Bonchev–Trinajstić information content (AvgIpc) is 2.75. The molecule has 2 atom stereocenters. The minimum Gasteiger partial charge on any atom is -0.493 e. The molecule has 2 heterocycles. The molecule has 0 aromatic heterocycles. The molecule has 6 nitrogen and oxygen atoms in total. The Labute approximate surface area is 180 Å². The molecule has 1 aromatic carbocycles. The minimum absolute atomic E-state index is 0.376. The zero-order valence-electron chi connectivity index (χ0n) is 18.4. The number of likely N-dealkylation sites (tertiary alicyclic amines) is 2. The van der Waals surface area contributed by atoms with E-state index in [0.29, 0.717) is 39.1 Å². The van der Waals surface area contributed by atoms with Gasteiger partial charge in [-0.05, 0) is 51.3 Å². The van der Waals surface area contributed by atoms with Crippen LogP contribution in [0.4, 0.5) is 0 Å². The van der Waals surface area contributed by atoms with Gasteiger partial charge in [-0.25, -0.2) is 0 Å². The number of rotatable bonds is 10. The lowest BCUT2D eigenvalue weighted by atomic mass is 9.74. The van der Waals surface area contributed by atoms with E-state index in [0.717, 1.165) is 30.7 Å². The van der Waals surface area contributed by atoms with Crippen LogP contribution in [-0.2, 0) is 11.3 Å². The first-order valence-electron chi connectivity index (χ1n) is 11.6. The van der Waals surface area contributed by atoms with Crippen LogP contribution in [0.3, 0.4) is 0 Å². The van der Waals surface area contributed by atoms with E-state index >= 15 is 0 Å². The van der Waals surface area contributed by atoms with Crippen molar-refractivity contribution in [1.82, 2.24) is 9.80 Å². The molecule has 2 N–H and O–H groups in total. The lowest BCUT2D eigenvalue weighted by Crippen LogP contribution is -2.55. The third-order valence-corrected chi connectivity index (χ3v) is 6.68. The number of carbonyl (C=O) groups is 1. The molecule has 0 amide bonds. The molecule has 2 aliphatic rings. The predicted octanol–water partition coefficient (Wildman–Crippen LogP) is 3.38. The smallest absolute Gasteiger partial charge is 0.313 e. The molecule has 1 aromatic rings. The fraction of sp³-hybridized carbons (Fsp3) is 0.708. The Morgan fingerprint density at radius 3 is 2.67 bits per heavy atom. The van der Waals surface area contributed by atoms with Crippen LogP contribution < -0.4 is 4.74 Å². The Balaban J connectivity index is 1.56. The van der Waals surface area contributed by atoms with Crippen molar-refractivity contribution >= 4 is 5.97 Å². The summed E-state index contributed by atoms with van der Waals surface area (Å²) in [5, 5.41) is 20.3. The Kier molecular flexibility index (Phi) is 8.54. The average molecular weight is 419 g/mol. The fourth-order valence-electron chi connectivity index (χ4n) is 4.98. The van der Waals surface area contributed by atoms with Gasteiger partial charge >= 0.3 is 5.97 Å². The van der Waals surface area contributed by atoms with E-state index in [-0.39, 0.29) is 0 Å². The van der Waals surface area contributed by atoms with Gasteiger partial charge in [0, 0.05) is 31.7 Å². The second kappa shape index (κ2) is 11.1. The van der Waals surface area contributed by atoms with E-state index in [1.807, 2.05) is 25.1 Å². The number of hydrogen-bond donors (Lipinski definition) is 2. The summed E-state index contributed by atoms with van der Waals surface area (Å²) in [5.41, 5.74) is 0.0136. The fourth-order valence-corrected chi connectivity index (χ4v) is 4.98. The van der Waals surface area contributed by atoms with Crippen LogP contribution >= 0.6 is 0 Å². The summed E-state index contributed by atoms with van der Waals surface area (Å²) in [5.74, 6) is 0.00230. The highest BCUT2D eigenvalue weighted by atomic mass is 16.5. The largest absolute Gasteiger partial charge is 0.493 e. The molecule has 3 rings (SSSR count). The standard InChI is InChI=1S/C24H38N2O4/c1-2-12-24(23(28)29)19-26(16-11-22(24)27)18-20-9-4-5-10-21(20)30-17-8-15-25-13-6-3-7-14-25/h4-5,9-10,22,27H,2-3,6-8,11-19H2,1H3,(H,28,29)/t22-,24+/m0/s1. The normalized spacial score (nSPS) is 25.9. The number of hydrogen-bond acceptors (Lipinski definition) is 5. The summed E-state index contributed by atoms with van der Waals surface area (Å²) in [7, 11) is 0. The Bertz CT molecular complexity index is 677. The monoisotopic (exact) mass is 418 g/mol. The van der Waals surface area contributed by atoms with Gasteiger partial charge in [0.2, 0.25) is 0 Å². The number of ether oxygens (including phenoxy) is 1. The molecule has 0 spiro atoms. The van der Waals surface area contributed by atoms with Gasteiger partial charge in [0.05, 0.1) is 12.7 Å². The highest BCUT2D eigenvalue weighted by Gasteiger charge is 2.48. The zero-order chi connectivity index (χ0) is 21.4. The SMILES string of the molecule is CCC[C@@]1(C(=O)O)CN(Cc2ccccc2OCCCN2CCCCC2)CC[C@@H]1O. The zero-order valence-corrected chi connectivity index (χ0v) is 18.4. The Morgan fingerprint density at radius 2 is 1.93 bits per heavy atom. The van der Waals surface area contributed by atoms with Crippen LogP contribution in [-0.4, -0.2) is 71.4 Å². The maximum absolute atomic E-state index is 12.0. The molecule has 2 aliphatic heterocycles. The molecule has 0 bridgehead atoms. The van der Waals surface area contributed by atoms with E-state index in [9.17, 15) is 15.0 Å². The van der Waals surface area contributed by atoms with Crippen molar-refractivity contribution in [3.63, 3.8) is 0 Å². The minimum atomic E-state index is -1.07. The van der Waals surface area contributed by atoms with Crippen LogP contribution in [0.25, 0.3) is 0 Å². The molecule has 0 saturated carbocycles. The van der Waals surface area contributed by atoms with E-state index in [1.54, 1.807) is 0 Å². The van der Waals surface area contributed by atoms with Crippen molar-refractivity contribution in [2.24, 2.45) is 5.41 Å². The molecule has 168 valence electrons. The lowest BCUT2D eigenvalue weighted by molar-refractivity contribution is -0.164. The molecular weight excluding hydrogens is 380 g/mol. The van der Waals surface area contributed by atoms with Crippen LogP contribution in [0.1, 0.15) is 57.4 Å². The number of para-hydroxylation sites is 1. The van der Waals surface area contributed by atoms with Crippen LogP contribution in [0.15, 0.2) is 24.3 Å². The van der Waals surface area contributed by atoms with Crippen molar-refractivity contribution in [3.8, 4) is 5.75 Å². The summed E-state index contributed by atoms with van der Waals surface area (Å²) in [4.78, 5) is 16.7. The number of aliphatic hydroxyl groups is 1. The molecule has 0 radical (unpaired) electrons. The van der Waals surface area contributed by atoms with Crippen LogP contribution in [0.5, 0.6) is 5.75 Å². The third-order valence-electron chi connectivity index (χ3n) is 6.68. The topological polar surface area (TPSA) is 73.2 Å². The molecule has 2 saturated heterocycles. The number of piperidine rings is 2. The van der Waals surface area contributed by atoms with Crippen molar-refractivity contribution in [2.75, 3.05) is 39.3 Å². The molecule has 0 unspecified atom stereocenters. The van der Waals surface area contributed by atoms with Gasteiger partial charge in [0.1, 0.15) is 11.2 Å². The van der Waals surface area contributed by atoms with E-state index in [4.69, 9.17) is 4.74 Å². The highest BCUT2D eigenvalue weighted by molar-refractivity contribution is 5.76. The number of benzene rings is 1. The first kappa shape index (κ1) is 23.0. The van der Waals surface area contributed by atoms with Crippen LogP contribution in [0, 0.1) is 5.41 Å². The molecule has 30 heavy (non-hydrogen) atoms. The van der Waals surface area contributed by atoms with Gasteiger partial charge in [-0.2, -0.15) is 0 Å². The first-order chi connectivity index (χ1) is 14.5. The quantitative estimate of drug-likeness (QED) is 0.568. The van der Waals surface area contributed by atoms with Crippen molar-refractivity contribution in [3.05, 3.63) is 29.8 Å². The van der Waals surface area contributed by atoms with E-state index in [1.165, 1.54) is 32.4 Å². The number of aliphatic hydroxyl groups excluding tert-OH is 1. The van der Waals surface area contributed by atoms with Crippen molar-refractivity contribution < 1.29 is 19.7 Å². The predicted molar refractivity (Wildman–Crippen MR) is 118 cm³/mol. The van der Waals surface area contributed by atoms with Gasteiger partial charge in [-0.1, -0.05) is 38.0 Å². The number of carboxylic acids is 1. The first-order valence-corrected chi connectivity index (χ1v) is 11.6. The molecule has 2 fully saturated rings. The number of carboxylic acid groups (broad SMARTS) is 1. The van der Waals surface area contributed by atoms with Crippen LogP contribution in [0.2, 0.25) is 0 Å². The third kappa shape index (κ3) is 5.74. The van der Waals surface area contributed by atoms with Crippen molar-refractivity contribution in [2.45, 2.75) is 64.5 Å². The van der Waals surface area contributed by atoms with Gasteiger partial charge in [-0.3, -0.25) is 9.69 Å². The van der Waals surface area contributed by atoms with Crippen molar-refractivity contribution in [1.29, 1.82) is 0 Å². The Morgan fingerprint density at radius 1 is 1.17 bits per heavy atom. The van der Waals surface area contributed by atoms with Gasteiger partial charge < -0.3 is 19.8 Å². The summed E-state index contributed by atoms with van der Waals surface area (Å²) in [6.45, 7) is 7.90. The molecule has 0 aliphatic carbocycles. The van der Waals surface area contributed by atoms with E-state index < -0.39 is 17.5 Å². The molecular formula is C24H38N2O4. The number of nitrogens with zero attached hydrogens (tertiary/aromatic N) is 2. The van der Waals surface area contributed by atoms with Gasteiger partial charge in [0.25, 0.3) is 0 Å². The second-order valence-corrected chi connectivity index (χ2v) is 8.94. The highest BCUT2D eigenvalue weighted by Crippen LogP contribution is 2.36. The Hall–Kier alpha value is -1.63.